The zero-order valence-corrected chi connectivity index (χ0v) is 13.1. The van der Waals surface area contributed by atoms with Crippen LogP contribution in [0.4, 0.5) is 4.79 Å². The summed E-state index contributed by atoms with van der Waals surface area (Å²) in [5.41, 5.74) is 0.293. The lowest BCUT2D eigenvalue weighted by molar-refractivity contribution is 0.0691. The lowest BCUT2D eigenvalue weighted by atomic mass is 9.67. The fourth-order valence-electron chi connectivity index (χ4n) is 2.49. The molecule has 21 heavy (non-hydrogen) atoms. The monoisotopic (exact) mass is 311 g/mol. The van der Waals surface area contributed by atoms with E-state index in [-0.39, 0.29) is 23.2 Å². The van der Waals surface area contributed by atoms with E-state index < -0.39 is 5.97 Å². The molecule has 1 aromatic rings. The van der Waals surface area contributed by atoms with Crippen molar-refractivity contribution in [3.05, 3.63) is 16.1 Å². The number of carboxylic acids is 1. The zero-order valence-electron chi connectivity index (χ0n) is 12.3. The van der Waals surface area contributed by atoms with Gasteiger partial charge in [-0.05, 0) is 31.6 Å². The van der Waals surface area contributed by atoms with E-state index in [2.05, 4.69) is 22.5 Å². The van der Waals surface area contributed by atoms with E-state index in [9.17, 15) is 9.59 Å². The molecule has 0 aromatic carbocycles. The van der Waals surface area contributed by atoms with Crippen LogP contribution in [0.25, 0.3) is 0 Å². The van der Waals surface area contributed by atoms with Crippen LogP contribution < -0.4 is 10.6 Å². The Bertz CT molecular complexity index is 520. The van der Waals surface area contributed by atoms with E-state index in [0.29, 0.717) is 11.6 Å². The van der Waals surface area contributed by atoms with Gasteiger partial charge in [-0.2, -0.15) is 0 Å². The molecule has 2 amide bonds. The number of carboxylic acid groups (broad SMARTS) is 1. The zero-order chi connectivity index (χ0) is 15.5. The summed E-state index contributed by atoms with van der Waals surface area (Å²) in [6.07, 6.45) is 4.67. The van der Waals surface area contributed by atoms with Gasteiger partial charge in [-0.25, -0.2) is 14.6 Å². The maximum absolute atomic E-state index is 11.9. The third-order valence-corrected chi connectivity index (χ3v) is 5.27. The maximum atomic E-state index is 11.9. The molecule has 116 valence electrons. The summed E-state index contributed by atoms with van der Waals surface area (Å²) < 4.78 is 0. The molecule has 1 unspecified atom stereocenters. The van der Waals surface area contributed by atoms with Crippen molar-refractivity contribution in [2.45, 2.75) is 45.6 Å². The minimum Gasteiger partial charge on any atom is -0.476 e. The Kier molecular flexibility index (Phi) is 4.82. The molecular weight excluding hydrogens is 290 g/mol. The van der Waals surface area contributed by atoms with Crippen LogP contribution >= 0.6 is 11.3 Å². The third-order valence-electron chi connectivity index (χ3n) is 4.25. The van der Waals surface area contributed by atoms with Gasteiger partial charge in [0.2, 0.25) is 0 Å². The van der Waals surface area contributed by atoms with Gasteiger partial charge in [0, 0.05) is 11.9 Å². The molecule has 0 saturated heterocycles. The normalized spacial score (nSPS) is 17.6. The summed E-state index contributed by atoms with van der Waals surface area (Å²) in [4.78, 5) is 26.7. The van der Waals surface area contributed by atoms with Crippen molar-refractivity contribution < 1.29 is 14.7 Å². The Labute approximate surface area is 128 Å². The highest BCUT2D eigenvalue weighted by Crippen LogP contribution is 2.42. The summed E-state index contributed by atoms with van der Waals surface area (Å²) in [5, 5.41) is 16.6. The average Bonchev–Trinajstić information content (AvgIpc) is 2.87. The van der Waals surface area contributed by atoms with Crippen molar-refractivity contribution in [3.8, 4) is 0 Å². The first kappa shape index (κ1) is 15.8. The van der Waals surface area contributed by atoms with Crippen molar-refractivity contribution in [1.29, 1.82) is 0 Å². The predicted molar refractivity (Wildman–Crippen MR) is 80.6 cm³/mol. The van der Waals surface area contributed by atoms with Crippen LogP contribution in [0, 0.1) is 5.41 Å². The molecular formula is C14H21N3O3S. The van der Waals surface area contributed by atoms with Gasteiger partial charge >= 0.3 is 12.0 Å². The molecule has 1 heterocycles. The SMILES string of the molecule is CCC1(CNC(=O)NC(C)c2nc(C(=O)O)cs2)CCC1. The van der Waals surface area contributed by atoms with E-state index in [1.54, 1.807) is 6.92 Å². The Morgan fingerprint density at radius 3 is 2.71 bits per heavy atom. The smallest absolute Gasteiger partial charge is 0.355 e. The van der Waals surface area contributed by atoms with E-state index >= 15 is 0 Å². The largest absolute Gasteiger partial charge is 0.476 e. The average molecular weight is 311 g/mol. The quantitative estimate of drug-likeness (QED) is 0.753. The summed E-state index contributed by atoms with van der Waals surface area (Å²) >= 11 is 1.24. The van der Waals surface area contributed by atoms with Gasteiger partial charge in [-0.3, -0.25) is 0 Å². The molecule has 7 heteroatoms. The molecule has 0 bridgehead atoms. The molecule has 1 aromatic heterocycles. The second-order valence-electron chi connectivity index (χ2n) is 5.63. The molecule has 1 saturated carbocycles. The standard InChI is InChI=1S/C14H21N3O3S/c1-3-14(5-4-6-14)8-15-13(20)16-9(2)11-17-10(7-21-11)12(18)19/h7,9H,3-6,8H2,1-2H3,(H,18,19)(H2,15,16,20). The highest BCUT2D eigenvalue weighted by molar-refractivity contribution is 7.09. The van der Waals surface area contributed by atoms with Gasteiger partial charge in [0.1, 0.15) is 5.01 Å². The van der Waals surface area contributed by atoms with Gasteiger partial charge in [0.25, 0.3) is 0 Å². The second kappa shape index (κ2) is 6.43. The summed E-state index contributed by atoms with van der Waals surface area (Å²) in [7, 11) is 0. The van der Waals surface area contributed by atoms with Gasteiger partial charge in [-0.15, -0.1) is 11.3 Å². The molecule has 3 N–H and O–H groups in total. The number of urea groups is 1. The first-order valence-corrected chi connectivity index (χ1v) is 8.07. The predicted octanol–water partition coefficient (Wildman–Crippen LogP) is 2.78. The van der Waals surface area contributed by atoms with Crippen LogP contribution in [-0.2, 0) is 0 Å². The van der Waals surface area contributed by atoms with Gasteiger partial charge in [0.15, 0.2) is 5.69 Å². The minimum absolute atomic E-state index is 0.0171. The highest BCUT2D eigenvalue weighted by Gasteiger charge is 2.35. The number of aromatic carboxylic acids is 1. The topological polar surface area (TPSA) is 91.3 Å². The molecule has 1 atom stereocenters. The van der Waals surface area contributed by atoms with Crippen molar-refractivity contribution in [1.82, 2.24) is 15.6 Å². The summed E-state index contributed by atoms with van der Waals surface area (Å²) in [6, 6.07) is -0.531. The number of aromatic nitrogens is 1. The number of hydrogen-bond donors (Lipinski definition) is 3. The van der Waals surface area contributed by atoms with Gasteiger partial charge in [-0.1, -0.05) is 13.3 Å². The Morgan fingerprint density at radius 2 is 2.24 bits per heavy atom. The van der Waals surface area contributed by atoms with Crippen LogP contribution in [0.15, 0.2) is 5.38 Å². The molecule has 0 aliphatic heterocycles. The number of amides is 2. The van der Waals surface area contributed by atoms with Crippen LogP contribution in [0.1, 0.15) is 61.1 Å². The lowest BCUT2D eigenvalue weighted by Gasteiger charge is -2.41. The van der Waals surface area contributed by atoms with E-state index in [0.717, 1.165) is 6.42 Å². The Balaban J connectivity index is 1.82. The highest BCUT2D eigenvalue weighted by atomic mass is 32.1. The second-order valence-corrected chi connectivity index (χ2v) is 6.52. The first-order valence-electron chi connectivity index (χ1n) is 7.19. The first-order chi connectivity index (χ1) is 9.96. The number of nitrogens with one attached hydrogen (secondary N) is 2. The van der Waals surface area contributed by atoms with Crippen molar-refractivity contribution in [2.24, 2.45) is 5.41 Å². The van der Waals surface area contributed by atoms with E-state index in [4.69, 9.17) is 5.11 Å². The third kappa shape index (κ3) is 3.72. The van der Waals surface area contributed by atoms with E-state index in [1.807, 2.05) is 0 Å². The summed E-state index contributed by atoms with van der Waals surface area (Å²) in [5.74, 6) is -1.05. The van der Waals surface area contributed by atoms with Gasteiger partial charge in [0.05, 0.1) is 6.04 Å². The molecule has 1 aliphatic rings. The number of thiazole rings is 1. The Hall–Kier alpha value is -1.63. The van der Waals surface area contributed by atoms with Crippen molar-refractivity contribution >= 4 is 23.3 Å². The molecule has 2 rings (SSSR count). The van der Waals surface area contributed by atoms with E-state index in [1.165, 1.54) is 36.0 Å². The Morgan fingerprint density at radius 1 is 1.52 bits per heavy atom. The van der Waals surface area contributed by atoms with Crippen LogP contribution in [0.5, 0.6) is 0 Å². The molecule has 0 radical (unpaired) electrons. The summed E-state index contributed by atoms with van der Waals surface area (Å²) in [6.45, 7) is 4.65. The lowest BCUT2D eigenvalue weighted by Crippen LogP contribution is -2.45. The number of rotatable bonds is 6. The van der Waals surface area contributed by atoms with Crippen LogP contribution in [-0.4, -0.2) is 28.6 Å². The molecule has 0 spiro atoms. The van der Waals surface area contributed by atoms with Crippen molar-refractivity contribution in [2.75, 3.05) is 6.54 Å². The van der Waals surface area contributed by atoms with Gasteiger partial charge < -0.3 is 15.7 Å². The number of carbonyl (C=O) groups excluding carboxylic acids is 1. The fourth-order valence-corrected chi connectivity index (χ4v) is 3.29. The van der Waals surface area contributed by atoms with Crippen LogP contribution in [0.2, 0.25) is 0 Å². The minimum atomic E-state index is -1.05. The fraction of sp³-hybridized carbons (Fsp3) is 0.643. The molecule has 1 aliphatic carbocycles. The number of hydrogen-bond acceptors (Lipinski definition) is 4. The molecule has 1 fully saturated rings. The van der Waals surface area contributed by atoms with Crippen LogP contribution in [0.3, 0.4) is 0 Å². The number of carbonyl (C=O) groups is 2. The molecule has 6 nitrogen and oxygen atoms in total. The maximum Gasteiger partial charge on any atom is 0.355 e. The van der Waals surface area contributed by atoms with Crippen molar-refractivity contribution in [3.63, 3.8) is 0 Å². The number of nitrogens with zero attached hydrogens (tertiary/aromatic N) is 1.